The van der Waals surface area contributed by atoms with Gasteiger partial charge in [0.15, 0.2) is 18.1 Å². The molecule has 0 aliphatic carbocycles. The number of benzene rings is 1. The molecule has 1 aromatic carbocycles. The number of aromatic nitrogens is 1. The van der Waals surface area contributed by atoms with Crippen molar-refractivity contribution in [2.24, 2.45) is 0 Å². The Balaban J connectivity index is 1.69. The third-order valence-electron chi connectivity index (χ3n) is 4.42. The zero-order chi connectivity index (χ0) is 20.3. The van der Waals surface area contributed by atoms with E-state index in [4.69, 9.17) is 18.9 Å². The number of rotatable bonds is 5. The number of carbonyl (C=O) groups excluding carboxylic acids is 3. The number of ketones is 1. The van der Waals surface area contributed by atoms with Crippen LogP contribution in [0.5, 0.6) is 11.5 Å². The summed E-state index contributed by atoms with van der Waals surface area (Å²) in [7, 11) is 1.27. The molecule has 2 heterocycles. The number of H-pyrrole nitrogens is 1. The fourth-order valence-corrected chi connectivity index (χ4v) is 3.01. The van der Waals surface area contributed by atoms with Crippen molar-refractivity contribution in [2.45, 2.75) is 20.3 Å². The van der Waals surface area contributed by atoms with Crippen molar-refractivity contribution in [2.75, 3.05) is 26.9 Å². The highest BCUT2D eigenvalue weighted by atomic mass is 16.5. The SMILES string of the molecule is COC(=O)c1c(C)[nH]c(C(=O)COC(=O)c2ccc3c(c2)OCCCO3)c1C. The summed E-state index contributed by atoms with van der Waals surface area (Å²) < 4.78 is 20.9. The second-order valence-corrected chi connectivity index (χ2v) is 6.33. The molecule has 1 N–H and O–H groups in total. The fraction of sp³-hybridized carbons (Fsp3) is 0.350. The van der Waals surface area contributed by atoms with Crippen LogP contribution in [0.1, 0.15) is 48.9 Å². The van der Waals surface area contributed by atoms with E-state index in [1.807, 2.05) is 0 Å². The topological polar surface area (TPSA) is 104 Å². The van der Waals surface area contributed by atoms with Crippen molar-refractivity contribution in [3.63, 3.8) is 0 Å². The van der Waals surface area contributed by atoms with Gasteiger partial charge in [0.2, 0.25) is 5.78 Å². The Bertz CT molecular complexity index is 929. The second-order valence-electron chi connectivity index (χ2n) is 6.33. The first kappa shape index (κ1) is 19.5. The van der Waals surface area contributed by atoms with Crippen LogP contribution in [-0.4, -0.2) is 49.6 Å². The largest absolute Gasteiger partial charge is 0.490 e. The first-order chi connectivity index (χ1) is 13.4. The molecule has 8 heteroatoms. The van der Waals surface area contributed by atoms with Crippen LogP contribution in [0.25, 0.3) is 0 Å². The Morgan fingerprint density at radius 2 is 1.79 bits per heavy atom. The van der Waals surface area contributed by atoms with Crippen LogP contribution in [0.3, 0.4) is 0 Å². The summed E-state index contributed by atoms with van der Waals surface area (Å²) in [6.07, 6.45) is 0.755. The third-order valence-corrected chi connectivity index (χ3v) is 4.42. The summed E-state index contributed by atoms with van der Waals surface area (Å²) in [5, 5.41) is 0. The average Bonchev–Trinajstić information content (AvgIpc) is 2.86. The lowest BCUT2D eigenvalue weighted by molar-refractivity contribution is 0.0472. The molecule has 0 atom stereocenters. The summed E-state index contributed by atoms with van der Waals surface area (Å²) >= 11 is 0. The van der Waals surface area contributed by atoms with Crippen molar-refractivity contribution in [1.29, 1.82) is 0 Å². The summed E-state index contributed by atoms with van der Waals surface area (Å²) in [4.78, 5) is 39.4. The number of ether oxygens (including phenoxy) is 4. The van der Waals surface area contributed by atoms with Crippen LogP contribution in [0.2, 0.25) is 0 Å². The van der Waals surface area contributed by atoms with Gasteiger partial charge in [0.25, 0.3) is 0 Å². The lowest BCUT2D eigenvalue weighted by Gasteiger charge is -2.09. The fourth-order valence-electron chi connectivity index (χ4n) is 3.01. The van der Waals surface area contributed by atoms with Gasteiger partial charge in [-0.05, 0) is 37.6 Å². The number of fused-ring (bicyclic) bond motifs is 1. The summed E-state index contributed by atoms with van der Waals surface area (Å²) in [5.74, 6) is -0.596. The number of Topliss-reactive ketones (excluding diaryl/α,β-unsaturated/α-hetero) is 1. The van der Waals surface area contributed by atoms with Crippen LogP contribution < -0.4 is 9.47 Å². The van der Waals surface area contributed by atoms with Gasteiger partial charge < -0.3 is 23.9 Å². The molecule has 148 valence electrons. The molecule has 0 saturated carbocycles. The number of methoxy groups -OCH3 is 1. The Morgan fingerprint density at radius 1 is 1.07 bits per heavy atom. The molecule has 1 aromatic heterocycles. The minimum atomic E-state index is -0.655. The van der Waals surface area contributed by atoms with Crippen LogP contribution in [-0.2, 0) is 9.47 Å². The van der Waals surface area contributed by atoms with E-state index in [1.54, 1.807) is 26.0 Å². The van der Waals surface area contributed by atoms with Gasteiger partial charge in [-0.3, -0.25) is 4.79 Å². The highest BCUT2D eigenvalue weighted by molar-refractivity contribution is 6.03. The lowest BCUT2D eigenvalue weighted by Crippen LogP contribution is -2.15. The zero-order valence-corrected chi connectivity index (χ0v) is 15.9. The summed E-state index contributed by atoms with van der Waals surface area (Å²) in [6, 6.07) is 4.73. The molecule has 2 aromatic rings. The van der Waals surface area contributed by atoms with Crippen molar-refractivity contribution in [3.8, 4) is 11.5 Å². The van der Waals surface area contributed by atoms with Crippen molar-refractivity contribution in [3.05, 3.63) is 46.3 Å². The minimum Gasteiger partial charge on any atom is -0.490 e. The smallest absolute Gasteiger partial charge is 0.339 e. The van der Waals surface area contributed by atoms with E-state index in [9.17, 15) is 14.4 Å². The number of nitrogens with one attached hydrogen (secondary N) is 1. The molecule has 0 saturated heterocycles. The summed E-state index contributed by atoms with van der Waals surface area (Å²) in [5.41, 5.74) is 1.75. The third kappa shape index (κ3) is 3.85. The first-order valence-corrected chi connectivity index (χ1v) is 8.79. The monoisotopic (exact) mass is 387 g/mol. The summed E-state index contributed by atoms with van der Waals surface area (Å²) in [6.45, 7) is 3.88. The van der Waals surface area contributed by atoms with Crippen LogP contribution in [0.15, 0.2) is 18.2 Å². The number of esters is 2. The number of aryl methyl sites for hydroxylation is 1. The molecule has 0 unspecified atom stereocenters. The van der Waals surface area contributed by atoms with Gasteiger partial charge in [0.05, 0.1) is 37.1 Å². The molecular weight excluding hydrogens is 366 g/mol. The molecule has 0 bridgehead atoms. The van der Waals surface area contributed by atoms with Crippen LogP contribution >= 0.6 is 0 Å². The van der Waals surface area contributed by atoms with Gasteiger partial charge in [0, 0.05) is 12.1 Å². The van der Waals surface area contributed by atoms with Crippen molar-refractivity contribution >= 4 is 17.7 Å². The van der Waals surface area contributed by atoms with Gasteiger partial charge in [-0.15, -0.1) is 0 Å². The van der Waals surface area contributed by atoms with E-state index in [0.717, 1.165) is 6.42 Å². The molecular formula is C20H21NO7. The zero-order valence-electron chi connectivity index (χ0n) is 15.9. The molecule has 0 amide bonds. The average molecular weight is 387 g/mol. The Kier molecular flexibility index (Phi) is 5.67. The number of hydrogen-bond donors (Lipinski definition) is 1. The van der Waals surface area contributed by atoms with Gasteiger partial charge in [-0.25, -0.2) is 9.59 Å². The van der Waals surface area contributed by atoms with E-state index in [1.165, 1.54) is 13.2 Å². The second kappa shape index (κ2) is 8.16. The molecule has 0 spiro atoms. The van der Waals surface area contributed by atoms with E-state index >= 15 is 0 Å². The van der Waals surface area contributed by atoms with E-state index in [0.29, 0.717) is 41.5 Å². The van der Waals surface area contributed by atoms with Gasteiger partial charge in [-0.2, -0.15) is 0 Å². The Morgan fingerprint density at radius 3 is 2.50 bits per heavy atom. The predicted octanol–water partition coefficient (Wildman–Crippen LogP) is 2.62. The maximum absolute atomic E-state index is 12.5. The number of carbonyl (C=O) groups is 3. The quantitative estimate of drug-likeness (QED) is 0.621. The highest BCUT2D eigenvalue weighted by Crippen LogP contribution is 2.30. The molecule has 0 radical (unpaired) electrons. The molecule has 1 aliphatic heterocycles. The van der Waals surface area contributed by atoms with Crippen LogP contribution in [0, 0.1) is 13.8 Å². The normalized spacial score (nSPS) is 12.8. The van der Waals surface area contributed by atoms with Crippen molar-refractivity contribution < 1.29 is 33.3 Å². The molecule has 0 fully saturated rings. The van der Waals surface area contributed by atoms with E-state index < -0.39 is 24.3 Å². The minimum absolute atomic E-state index is 0.212. The van der Waals surface area contributed by atoms with Gasteiger partial charge >= 0.3 is 11.9 Å². The molecule has 28 heavy (non-hydrogen) atoms. The molecule has 3 rings (SSSR count). The van der Waals surface area contributed by atoms with E-state index in [-0.39, 0.29) is 11.3 Å². The highest BCUT2D eigenvalue weighted by Gasteiger charge is 2.23. The molecule has 8 nitrogen and oxygen atoms in total. The predicted molar refractivity (Wildman–Crippen MR) is 98.3 cm³/mol. The number of hydrogen-bond acceptors (Lipinski definition) is 7. The van der Waals surface area contributed by atoms with E-state index in [2.05, 4.69) is 4.98 Å². The Labute approximate surface area is 161 Å². The maximum Gasteiger partial charge on any atom is 0.339 e. The van der Waals surface area contributed by atoms with Crippen molar-refractivity contribution in [1.82, 2.24) is 4.98 Å². The van der Waals surface area contributed by atoms with Gasteiger partial charge in [-0.1, -0.05) is 0 Å². The standard InChI is InChI=1S/C20H21NO7/c1-11-17(20(24)25-3)12(2)21-18(11)14(22)10-28-19(23)13-5-6-15-16(9-13)27-8-4-7-26-15/h5-6,9,21H,4,7-8,10H2,1-3H3. The van der Waals surface area contributed by atoms with Gasteiger partial charge in [0.1, 0.15) is 0 Å². The Hall–Kier alpha value is -3.29. The molecule has 1 aliphatic rings. The maximum atomic E-state index is 12.5. The first-order valence-electron chi connectivity index (χ1n) is 8.79. The number of aromatic amines is 1. The lowest BCUT2D eigenvalue weighted by atomic mass is 10.1. The van der Waals surface area contributed by atoms with Crippen LogP contribution in [0.4, 0.5) is 0 Å².